The highest BCUT2D eigenvalue weighted by Crippen LogP contribution is 2.19. The zero-order chi connectivity index (χ0) is 10.7. The zero-order valence-corrected chi connectivity index (χ0v) is 9.06. The second kappa shape index (κ2) is 4.75. The third kappa shape index (κ3) is 2.69. The maximum atomic E-state index is 10.6. The van der Waals surface area contributed by atoms with Crippen LogP contribution in [0, 0.1) is 0 Å². The van der Waals surface area contributed by atoms with Crippen molar-refractivity contribution < 1.29 is 14.6 Å². The van der Waals surface area contributed by atoms with Crippen LogP contribution in [0.3, 0.4) is 0 Å². The van der Waals surface area contributed by atoms with Crippen LogP contribution in [-0.2, 0) is 9.53 Å². The Bertz CT molecular complexity index is 202. The van der Waals surface area contributed by atoms with Crippen molar-refractivity contribution in [3.8, 4) is 0 Å². The highest BCUT2D eigenvalue weighted by molar-refractivity contribution is 5.67. The SMILES string of the molecule is CC(C)N(C(C)CC(=O)O)C1COC1. The lowest BCUT2D eigenvalue weighted by molar-refractivity contribution is -0.140. The summed E-state index contributed by atoms with van der Waals surface area (Å²) in [6, 6.07) is 0.865. The molecule has 4 nitrogen and oxygen atoms in total. The van der Waals surface area contributed by atoms with E-state index in [1.165, 1.54) is 0 Å². The molecule has 0 aromatic carbocycles. The first kappa shape index (κ1) is 11.5. The van der Waals surface area contributed by atoms with E-state index in [-0.39, 0.29) is 12.5 Å². The van der Waals surface area contributed by atoms with E-state index in [0.29, 0.717) is 12.1 Å². The second-order valence-corrected chi connectivity index (χ2v) is 4.18. The van der Waals surface area contributed by atoms with E-state index in [4.69, 9.17) is 9.84 Å². The fourth-order valence-electron chi connectivity index (χ4n) is 2.04. The highest BCUT2D eigenvalue weighted by atomic mass is 16.5. The van der Waals surface area contributed by atoms with Crippen LogP contribution >= 0.6 is 0 Å². The van der Waals surface area contributed by atoms with Crippen molar-refractivity contribution in [3.63, 3.8) is 0 Å². The first-order valence-electron chi connectivity index (χ1n) is 5.09. The van der Waals surface area contributed by atoms with Gasteiger partial charge in [-0.1, -0.05) is 0 Å². The van der Waals surface area contributed by atoms with Crippen molar-refractivity contribution in [2.24, 2.45) is 0 Å². The van der Waals surface area contributed by atoms with Gasteiger partial charge < -0.3 is 9.84 Å². The van der Waals surface area contributed by atoms with Crippen LogP contribution in [0.25, 0.3) is 0 Å². The van der Waals surface area contributed by atoms with Gasteiger partial charge in [0.25, 0.3) is 0 Å². The average molecular weight is 201 g/mol. The van der Waals surface area contributed by atoms with E-state index in [9.17, 15) is 4.79 Å². The van der Waals surface area contributed by atoms with Crippen molar-refractivity contribution in [2.75, 3.05) is 13.2 Å². The highest BCUT2D eigenvalue weighted by Gasteiger charge is 2.31. The van der Waals surface area contributed by atoms with E-state index >= 15 is 0 Å². The van der Waals surface area contributed by atoms with Gasteiger partial charge in [0, 0.05) is 12.1 Å². The molecule has 14 heavy (non-hydrogen) atoms. The van der Waals surface area contributed by atoms with E-state index < -0.39 is 5.97 Å². The van der Waals surface area contributed by atoms with Crippen LogP contribution in [0.2, 0.25) is 0 Å². The molecular weight excluding hydrogens is 182 g/mol. The fraction of sp³-hybridized carbons (Fsp3) is 0.900. The van der Waals surface area contributed by atoms with Crippen LogP contribution < -0.4 is 0 Å². The zero-order valence-electron chi connectivity index (χ0n) is 9.06. The molecule has 0 radical (unpaired) electrons. The molecule has 0 bridgehead atoms. The molecule has 1 heterocycles. The Labute approximate surface area is 84.8 Å². The summed E-state index contributed by atoms with van der Waals surface area (Å²) in [5.41, 5.74) is 0. The number of aliphatic carboxylic acids is 1. The van der Waals surface area contributed by atoms with Gasteiger partial charge >= 0.3 is 5.97 Å². The van der Waals surface area contributed by atoms with Crippen molar-refractivity contribution in [3.05, 3.63) is 0 Å². The maximum Gasteiger partial charge on any atom is 0.304 e. The number of hydrogen-bond acceptors (Lipinski definition) is 3. The number of nitrogens with zero attached hydrogens (tertiary/aromatic N) is 1. The predicted octanol–water partition coefficient (Wildman–Crippen LogP) is 0.959. The van der Waals surface area contributed by atoms with Crippen LogP contribution in [0.4, 0.5) is 0 Å². The summed E-state index contributed by atoms with van der Waals surface area (Å²) < 4.78 is 5.13. The van der Waals surface area contributed by atoms with Crippen molar-refractivity contribution in [2.45, 2.75) is 45.3 Å². The molecule has 0 aliphatic carbocycles. The number of hydrogen-bond donors (Lipinski definition) is 1. The second-order valence-electron chi connectivity index (χ2n) is 4.18. The lowest BCUT2D eigenvalue weighted by Gasteiger charge is -2.43. The summed E-state index contributed by atoms with van der Waals surface area (Å²) in [7, 11) is 0. The van der Waals surface area contributed by atoms with Gasteiger partial charge in [0.05, 0.1) is 25.7 Å². The van der Waals surface area contributed by atoms with Gasteiger partial charge in [0.2, 0.25) is 0 Å². The van der Waals surface area contributed by atoms with Gasteiger partial charge in [-0.3, -0.25) is 9.69 Å². The van der Waals surface area contributed by atoms with E-state index in [1.54, 1.807) is 0 Å². The summed E-state index contributed by atoms with van der Waals surface area (Å²) in [5.74, 6) is -0.733. The van der Waals surface area contributed by atoms with Crippen LogP contribution in [0.1, 0.15) is 27.2 Å². The number of rotatable bonds is 5. The normalized spacial score (nSPS) is 19.8. The molecular formula is C10H19NO3. The average Bonchev–Trinajstić information content (AvgIpc) is 1.93. The monoisotopic (exact) mass is 201 g/mol. The molecule has 1 N–H and O–H groups in total. The maximum absolute atomic E-state index is 10.6. The molecule has 1 aliphatic rings. The molecule has 0 amide bonds. The summed E-state index contributed by atoms with van der Waals surface area (Å²) in [4.78, 5) is 12.8. The summed E-state index contributed by atoms with van der Waals surface area (Å²) in [6.07, 6.45) is 0.203. The molecule has 1 unspecified atom stereocenters. The first-order valence-corrected chi connectivity index (χ1v) is 5.09. The minimum atomic E-state index is -0.733. The largest absolute Gasteiger partial charge is 0.481 e. The molecule has 1 aliphatic heterocycles. The molecule has 82 valence electrons. The van der Waals surface area contributed by atoms with Gasteiger partial charge in [-0.05, 0) is 20.8 Å². The number of carbonyl (C=O) groups is 1. The summed E-state index contributed by atoms with van der Waals surface area (Å²) in [5, 5.41) is 8.73. The molecule has 0 spiro atoms. The molecule has 1 saturated heterocycles. The minimum absolute atomic E-state index is 0.0846. The lowest BCUT2D eigenvalue weighted by atomic mass is 10.1. The van der Waals surface area contributed by atoms with Crippen LogP contribution in [0.5, 0.6) is 0 Å². The topological polar surface area (TPSA) is 49.8 Å². The molecule has 0 saturated carbocycles. The van der Waals surface area contributed by atoms with Crippen molar-refractivity contribution in [1.82, 2.24) is 4.90 Å². The molecule has 1 atom stereocenters. The summed E-state index contributed by atoms with van der Waals surface area (Å²) >= 11 is 0. The fourth-order valence-corrected chi connectivity index (χ4v) is 2.04. The van der Waals surface area contributed by atoms with E-state index in [0.717, 1.165) is 13.2 Å². The van der Waals surface area contributed by atoms with Crippen LogP contribution in [-0.4, -0.2) is 47.3 Å². The molecule has 4 heteroatoms. The minimum Gasteiger partial charge on any atom is -0.481 e. The molecule has 0 aromatic rings. The standard InChI is InChI=1S/C10H19NO3/c1-7(2)11(9-5-14-6-9)8(3)4-10(12)13/h7-9H,4-6H2,1-3H3,(H,12,13). The van der Waals surface area contributed by atoms with Gasteiger partial charge in [-0.25, -0.2) is 0 Å². The quantitative estimate of drug-likeness (QED) is 0.719. The van der Waals surface area contributed by atoms with E-state index in [2.05, 4.69) is 18.7 Å². The number of carboxylic acids is 1. The molecule has 0 aromatic heterocycles. The lowest BCUT2D eigenvalue weighted by Crippen LogP contribution is -2.55. The van der Waals surface area contributed by atoms with Gasteiger partial charge in [-0.2, -0.15) is 0 Å². The smallest absolute Gasteiger partial charge is 0.304 e. The van der Waals surface area contributed by atoms with Crippen molar-refractivity contribution in [1.29, 1.82) is 0 Å². The van der Waals surface area contributed by atoms with Crippen molar-refractivity contribution >= 4 is 5.97 Å². The van der Waals surface area contributed by atoms with Gasteiger partial charge in [0.15, 0.2) is 0 Å². The third-order valence-electron chi connectivity index (χ3n) is 2.62. The Morgan fingerprint density at radius 1 is 1.50 bits per heavy atom. The Morgan fingerprint density at radius 3 is 2.36 bits per heavy atom. The molecule has 1 fully saturated rings. The van der Waals surface area contributed by atoms with Gasteiger partial charge in [0.1, 0.15) is 0 Å². The number of carboxylic acid groups (broad SMARTS) is 1. The molecule has 1 rings (SSSR count). The van der Waals surface area contributed by atoms with E-state index in [1.807, 2.05) is 6.92 Å². The Kier molecular flexibility index (Phi) is 3.89. The third-order valence-corrected chi connectivity index (χ3v) is 2.62. The predicted molar refractivity (Wildman–Crippen MR) is 53.3 cm³/mol. The Balaban J connectivity index is 2.52. The number of ether oxygens (including phenoxy) is 1. The van der Waals surface area contributed by atoms with Gasteiger partial charge in [-0.15, -0.1) is 0 Å². The Hall–Kier alpha value is -0.610. The Morgan fingerprint density at radius 2 is 2.07 bits per heavy atom. The first-order chi connectivity index (χ1) is 6.52. The van der Waals surface area contributed by atoms with Crippen LogP contribution in [0.15, 0.2) is 0 Å². The summed E-state index contributed by atoms with van der Waals surface area (Å²) in [6.45, 7) is 7.63.